The Morgan fingerprint density at radius 1 is 1.13 bits per heavy atom. The monoisotopic (exact) mass is 439 g/mol. The molecule has 0 saturated carbocycles. The minimum atomic E-state index is -3.58. The fraction of sp³-hybridized carbons (Fsp3) is 0.364. The first kappa shape index (κ1) is 23.6. The highest BCUT2D eigenvalue weighted by atomic mass is 35.5. The molecular weight excluding hydrogens is 416 g/mol. The summed E-state index contributed by atoms with van der Waals surface area (Å²) in [4.78, 5) is 24.4. The first-order valence-electron chi connectivity index (χ1n) is 9.53. The fourth-order valence-electron chi connectivity index (χ4n) is 2.91. The number of nitrogens with one attached hydrogen (secondary N) is 1. The lowest BCUT2D eigenvalue weighted by molar-refractivity contribution is -0.143. The number of amides is 1. The van der Waals surface area contributed by atoms with Gasteiger partial charge in [0.25, 0.3) is 0 Å². The molecule has 2 rings (SSSR count). The van der Waals surface area contributed by atoms with Gasteiger partial charge >= 0.3 is 18.0 Å². The van der Waals surface area contributed by atoms with E-state index in [0.717, 1.165) is 12.5 Å². The molecule has 5 nitrogen and oxygen atoms in total. The van der Waals surface area contributed by atoms with Crippen LogP contribution in [0.15, 0.2) is 54.6 Å². The Bertz CT molecular complexity index is 848. The van der Waals surface area contributed by atoms with Crippen molar-refractivity contribution in [2.75, 3.05) is 7.11 Å². The van der Waals surface area contributed by atoms with Gasteiger partial charge < -0.3 is 14.8 Å². The van der Waals surface area contributed by atoms with E-state index in [1.165, 1.54) is 37.4 Å². The predicted molar refractivity (Wildman–Crippen MR) is 109 cm³/mol. The highest BCUT2D eigenvalue weighted by Crippen LogP contribution is 2.43. The van der Waals surface area contributed by atoms with Crippen LogP contribution in [0.1, 0.15) is 43.4 Å². The van der Waals surface area contributed by atoms with Crippen molar-refractivity contribution >= 4 is 23.7 Å². The third-order valence-corrected chi connectivity index (χ3v) is 4.73. The van der Waals surface area contributed by atoms with Crippen LogP contribution < -0.4 is 5.32 Å². The van der Waals surface area contributed by atoms with E-state index in [-0.39, 0.29) is 10.6 Å². The van der Waals surface area contributed by atoms with Crippen molar-refractivity contribution in [3.05, 3.63) is 70.7 Å². The minimum Gasteiger partial charge on any atom is -0.467 e. The highest BCUT2D eigenvalue weighted by Gasteiger charge is 2.45. The van der Waals surface area contributed by atoms with Crippen LogP contribution in [0.25, 0.3) is 0 Å². The molecule has 1 amide bonds. The third-order valence-electron chi connectivity index (χ3n) is 4.49. The van der Waals surface area contributed by atoms with Gasteiger partial charge in [-0.15, -0.1) is 0 Å². The number of methoxy groups -OCH3 is 1. The van der Waals surface area contributed by atoms with Crippen LogP contribution in [0.2, 0.25) is 5.02 Å². The SMILES string of the molecule is CCCC[C@H](NC(=O)OC(c1ccccc1)C(F)(F)c1cccc(Cl)c1)C(=O)OC. The summed E-state index contributed by atoms with van der Waals surface area (Å²) in [5.74, 6) is -4.24. The number of hydrogen-bond acceptors (Lipinski definition) is 4. The molecule has 0 radical (unpaired) electrons. The van der Waals surface area contributed by atoms with Crippen molar-refractivity contribution in [2.24, 2.45) is 0 Å². The quantitative estimate of drug-likeness (QED) is 0.514. The summed E-state index contributed by atoms with van der Waals surface area (Å²) in [7, 11) is 1.19. The minimum absolute atomic E-state index is 0.0980. The molecule has 162 valence electrons. The average Bonchev–Trinajstić information content (AvgIpc) is 2.74. The Balaban J connectivity index is 2.30. The highest BCUT2D eigenvalue weighted by molar-refractivity contribution is 6.30. The van der Waals surface area contributed by atoms with E-state index in [2.05, 4.69) is 10.1 Å². The number of esters is 1. The zero-order chi connectivity index (χ0) is 22.1. The van der Waals surface area contributed by atoms with Gasteiger partial charge in [0.2, 0.25) is 0 Å². The summed E-state index contributed by atoms with van der Waals surface area (Å²) >= 11 is 5.87. The van der Waals surface area contributed by atoms with Crippen LogP contribution in [-0.2, 0) is 20.2 Å². The molecule has 0 saturated heterocycles. The van der Waals surface area contributed by atoms with Crippen LogP contribution in [-0.4, -0.2) is 25.2 Å². The van der Waals surface area contributed by atoms with Gasteiger partial charge in [-0.1, -0.05) is 73.8 Å². The lowest BCUT2D eigenvalue weighted by Crippen LogP contribution is -2.43. The fourth-order valence-corrected chi connectivity index (χ4v) is 3.10. The van der Waals surface area contributed by atoms with Crippen molar-refractivity contribution < 1.29 is 27.8 Å². The summed E-state index contributed by atoms with van der Waals surface area (Å²) in [6.45, 7) is 1.92. The summed E-state index contributed by atoms with van der Waals surface area (Å²) in [6.07, 6.45) is -1.34. The second-order valence-electron chi connectivity index (χ2n) is 6.69. The Morgan fingerprint density at radius 2 is 1.83 bits per heavy atom. The number of hydrogen-bond donors (Lipinski definition) is 1. The maximum absolute atomic E-state index is 15.4. The maximum atomic E-state index is 15.4. The molecule has 2 atom stereocenters. The number of alkyl halides is 2. The summed E-state index contributed by atoms with van der Waals surface area (Å²) in [5, 5.41) is 2.48. The Morgan fingerprint density at radius 3 is 2.43 bits per heavy atom. The Labute approximate surface area is 179 Å². The van der Waals surface area contributed by atoms with Crippen molar-refractivity contribution in [3.63, 3.8) is 0 Å². The maximum Gasteiger partial charge on any atom is 0.408 e. The molecule has 0 aliphatic rings. The number of carbonyl (C=O) groups is 2. The predicted octanol–water partition coefficient (Wildman–Crippen LogP) is 5.63. The van der Waals surface area contributed by atoms with E-state index >= 15 is 8.78 Å². The number of halogens is 3. The van der Waals surface area contributed by atoms with Gasteiger partial charge in [-0.25, -0.2) is 9.59 Å². The van der Waals surface area contributed by atoms with Crippen molar-refractivity contribution in [3.8, 4) is 0 Å². The van der Waals surface area contributed by atoms with E-state index in [9.17, 15) is 9.59 Å². The van der Waals surface area contributed by atoms with Crippen LogP contribution in [0.4, 0.5) is 13.6 Å². The van der Waals surface area contributed by atoms with Gasteiger partial charge in [0.1, 0.15) is 6.04 Å². The standard InChI is InChI=1S/C22H24ClF2NO4/c1-3-4-13-18(20(27)29-2)26-21(28)30-19(15-9-6-5-7-10-15)22(24,25)16-11-8-12-17(23)14-16/h5-12,14,18-19H,3-4,13H2,1-2H3,(H,26,28)/t18-,19?/m0/s1. The van der Waals surface area contributed by atoms with Gasteiger partial charge in [0, 0.05) is 10.6 Å². The largest absolute Gasteiger partial charge is 0.467 e. The second-order valence-corrected chi connectivity index (χ2v) is 7.13. The van der Waals surface area contributed by atoms with E-state index in [1.807, 2.05) is 6.92 Å². The van der Waals surface area contributed by atoms with Crippen LogP contribution in [0.5, 0.6) is 0 Å². The van der Waals surface area contributed by atoms with Gasteiger partial charge in [-0.3, -0.25) is 0 Å². The number of rotatable bonds is 9. The van der Waals surface area contributed by atoms with Gasteiger partial charge in [-0.2, -0.15) is 8.78 Å². The van der Waals surface area contributed by atoms with Crippen molar-refractivity contribution in [1.29, 1.82) is 0 Å². The van der Waals surface area contributed by atoms with E-state index in [4.69, 9.17) is 16.3 Å². The lowest BCUT2D eigenvalue weighted by Gasteiger charge is -2.28. The molecule has 1 N–H and O–H groups in total. The first-order valence-corrected chi connectivity index (χ1v) is 9.91. The molecule has 8 heteroatoms. The number of ether oxygens (including phenoxy) is 2. The van der Waals surface area contributed by atoms with Gasteiger partial charge in [0.15, 0.2) is 6.10 Å². The molecule has 0 heterocycles. The van der Waals surface area contributed by atoms with Crippen molar-refractivity contribution in [2.45, 2.75) is 44.3 Å². The normalized spacial score (nSPS) is 13.2. The summed E-state index contributed by atoms with van der Waals surface area (Å²) in [6, 6.07) is 11.9. The van der Waals surface area contributed by atoms with Gasteiger partial charge in [-0.05, 0) is 24.1 Å². The summed E-state index contributed by atoms with van der Waals surface area (Å²) < 4.78 is 40.5. The van der Waals surface area contributed by atoms with E-state index in [0.29, 0.717) is 12.8 Å². The molecular formula is C22H24ClF2NO4. The van der Waals surface area contributed by atoms with Crippen LogP contribution in [0.3, 0.4) is 0 Å². The molecule has 0 fully saturated rings. The van der Waals surface area contributed by atoms with Gasteiger partial charge in [0.05, 0.1) is 7.11 Å². The topological polar surface area (TPSA) is 64.6 Å². The van der Waals surface area contributed by atoms with Crippen LogP contribution in [0, 0.1) is 0 Å². The molecule has 0 aliphatic carbocycles. The molecule has 1 unspecified atom stereocenters. The molecule has 0 aromatic heterocycles. The molecule has 0 aliphatic heterocycles. The average molecular weight is 440 g/mol. The van der Waals surface area contributed by atoms with E-state index < -0.39 is 35.7 Å². The second kappa shape index (κ2) is 10.9. The number of unbranched alkanes of at least 4 members (excludes halogenated alkanes) is 1. The lowest BCUT2D eigenvalue weighted by atomic mass is 9.97. The number of benzene rings is 2. The van der Waals surface area contributed by atoms with Crippen LogP contribution >= 0.6 is 11.6 Å². The smallest absolute Gasteiger partial charge is 0.408 e. The zero-order valence-corrected chi connectivity index (χ0v) is 17.5. The zero-order valence-electron chi connectivity index (χ0n) is 16.7. The molecule has 0 bridgehead atoms. The third kappa shape index (κ3) is 6.16. The summed E-state index contributed by atoms with van der Waals surface area (Å²) in [5.41, 5.74) is -0.298. The van der Waals surface area contributed by atoms with E-state index in [1.54, 1.807) is 18.2 Å². The molecule has 2 aromatic carbocycles. The first-order chi connectivity index (χ1) is 14.3. The Kier molecular flexibility index (Phi) is 8.59. The number of alkyl carbamates (subject to hydrolysis) is 1. The van der Waals surface area contributed by atoms with Crippen molar-refractivity contribution in [1.82, 2.24) is 5.32 Å². The number of carbonyl (C=O) groups excluding carboxylic acids is 2. The molecule has 30 heavy (non-hydrogen) atoms. The Hall–Kier alpha value is -2.67. The molecule has 0 spiro atoms. The molecule has 2 aromatic rings.